The van der Waals surface area contributed by atoms with Crippen LogP contribution < -0.4 is 26.3 Å². The number of anilines is 6. The number of hydrogen-bond acceptors (Lipinski definition) is 2. The van der Waals surface area contributed by atoms with Gasteiger partial charge in [0.05, 0.1) is 17.1 Å². The van der Waals surface area contributed by atoms with Crippen LogP contribution in [0.3, 0.4) is 0 Å². The first-order valence-electron chi connectivity index (χ1n) is 16.4. The Kier molecular flexibility index (Phi) is 5.43. The number of aromatic nitrogens is 1. The monoisotopic (exact) mass is 625 g/mol. The van der Waals surface area contributed by atoms with E-state index >= 15 is 8.78 Å². The lowest BCUT2D eigenvalue weighted by Crippen LogP contribution is -2.63. The average molecular weight is 626 g/mol. The predicted molar refractivity (Wildman–Crippen MR) is 194 cm³/mol. The molecule has 230 valence electrons. The first-order valence-corrected chi connectivity index (χ1v) is 16.4. The summed E-state index contributed by atoms with van der Waals surface area (Å²) in [5, 5.41) is 1.06. The number of hydrogen-bond donors (Lipinski definition) is 0. The molecule has 0 N–H and O–H groups in total. The summed E-state index contributed by atoms with van der Waals surface area (Å²) in [7, 11) is 2.12. The van der Waals surface area contributed by atoms with Crippen molar-refractivity contribution in [1.82, 2.24) is 4.57 Å². The van der Waals surface area contributed by atoms with Crippen LogP contribution in [0.1, 0.15) is 25.0 Å². The molecule has 0 bridgehead atoms. The van der Waals surface area contributed by atoms with Gasteiger partial charge in [0.25, 0.3) is 6.71 Å². The van der Waals surface area contributed by atoms with Crippen LogP contribution in [-0.4, -0.2) is 11.3 Å². The predicted octanol–water partition coefficient (Wildman–Crippen LogP) is 8.85. The minimum atomic E-state index is -0.342. The Bertz CT molecular complexity index is 2510. The number of fused-ring (bicyclic) bond motifs is 10. The molecule has 0 fully saturated rings. The van der Waals surface area contributed by atoms with Crippen molar-refractivity contribution in [2.75, 3.05) is 9.80 Å². The van der Waals surface area contributed by atoms with Crippen LogP contribution in [0, 0.1) is 11.6 Å². The molecule has 1 aliphatic carbocycles. The zero-order valence-electron chi connectivity index (χ0n) is 26.8. The Balaban J connectivity index is 1.39. The third-order valence-corrected chi connectivity index (χ3v) is 10.9. The van der Waals surface area contributed by atoms with Crippen molar-refractivity contribution in [3.8, 4) is 11.1 Å². The van der Waals surface area contributed by atoms with Gasteiger partial charge in [0, 0.05) is 46.0 Å². The summed E-state index contributed by atoms with van der Waals surface area (Å²) in [5.74, 6) is -0.593. The molecule has 6 aromatic carbocycles. The molecule has 3 aliphatic rings. The first-order chi connectivity index (χ1) is 23.4. The molecule has 0 radical (unpaired) electrons. The van der Waals surface area contributed by atoms with Crippen LogP contribution in [0.2, 0.25) is 0 Å². The van der Waals surface area contributed by atoms with Gasteiger partial charge >= 0.3 is 0 Å². The molecule has 3 heterocycles. The fourth-order valence-corrected chi connectivity index (χ4v) is 8.97. The van der Waals surface area contributed by atoms with Crippen molar-refractivity contribution in [3.05, 3.63) is 150 Å². The van der Waals surface area contributed by atoms with Crippen molar-refractivity contribution < 1.29 is 8.78 Å². The molecule has 0 atom stereocenters. The SMILES string of the molecule is Cn1c2c(c3ccccc31)N(c1ccccc1F)c1cccc3c1B2c1ccc2c(c1N3c1ccccc1F)C(C)(C)c1ccccc1-2. The van der Waals surface area contributed by atoms with Crippen LogP contribution in [0.15, 0.2) is 127 Å². The minimum absolute atomic E-state index is 0.186. The van der Waals surface area contributed by atoms with E-state index in [9.17, 15) is 0 Å². The number of nitrogens with zero attached hydrogens (tertiary/aromatic N) is 3. The molecular weight excluding hydrogens is 595 g/mol. The van der Waals surface area contributed by atoms with Crippen LogP contribution in [0.25, 0.3) is 22.0 Å². The van der Waals surface area contributed by atoms with Gasteiger partial charge < -0.3 is 14.4 Å². The first kappa shape index (κ1) is 27.5. The lowest BCUT2D eigenvalue weighted by molar-refractivity contribution is 0.627. The quantitative estimate of drug-likeness (QED) is 0.178. The third kappa shape index (κ3) is 3.32. The highest BCUT2D eigenvalue weighted by molar-refractivity contribution is 7.00. The summed E-state index contributed by atoms with van der Waals surface area (Å²) in [6.07, 6.45) is 0. The van der Waals surface area contributed by atoms with Gasteiger partial charge in [0.15, 0.2) is 0 Å². The minimum Gasteiger partial charge on any atom is -0.353 e. The Morgan fingerprint density at radius 2 is 1.15 bits per heavy atom. The Morgan fingerprint density at radius 3 is 1.85 bits per heavy atom. The van der Waals surface area contributed by atoms with Crippen molar-refractivity contribution >= 4 is 68.3 Å². The van der Waals surface area contributed by atoms with E-state index in [1.54, 1.807) is 12.1 Å². The molecule has 7 aromatic rings. The van der Waals surface area contributed by atoms with Crippen LogP contribution >= 0.6 is 0 Å². The summed E-state index contributed by atoms with van der Waals surface area (Å²) < 4.78 is 34.4. The van der Waals surface area contributed by atoms with E-state index in [-0.39, 0.29) is 23.8 Å². The van der Waals surface area contributed by atoms with Crippen LogP contribution in [0.4, 0.5) is 42.9 Å². The van der Waals surface area contributed by atoms with Gasteiger partial charge in [0.2, 0.25) is 0 Å². The van der Waals surface area contributed by atoms with E-state index in [1.165, 1.54) is 34.4 Å². The topological polar surface area (TPSA) is 11.4 Å². The highest BCUT2D eigenvalue weighted by Crippen LogP contribution is 2.55. The fourth-order valence-electron chi connectivity index (χ4n) is 8.97. The molecule has 0 saturated carbocycles. The van der Waals surface area contributed by atoms with Gasteiger partial charge in [-0.15, -0.1) is 0 Å². The van der Waals surface area contributed by atoms with Crippen LogP contribution in [-0.2, 0) is 12.5 Å². The van der Waals surface area contributed by atoms with Crippen LogP contribution in [0.5, 0.6) is 0 Å². The van der Waals surface area contributed by atoms with E-state index in [2.05, 4.69) is 108 Å². The van der Waals surface area contributed by atoms with Gasteiger partial charge in [-0.25, -0.2) is 8.78 Å². The largest absolute Gasteiger partial charge is 0.353 e. The number of benzene rings is 6. The van der Waals surface area contributed by atoms with Crippen molar-refractivity contribution in [3.63, 3.8) is 0 Å². The van der Waals surface area contributed by atoms with Gasteiger partial charge in [0.1, 0.15) is 11.6 Å². The van der Waals surface area contributed by atoms with Crippen molar-refractivity contribution in [1.29, 1.82) is 0 Å². The zero-order chi connectivity index (χ0) is 32.5. The second-order valence-corrected chi connectivity index (χ2v) is 13.6. The second kappa shape index (κ2) is 9.48. The van der Waals surface area contributed by atoms with E-state index in [0.29, 0.717) is 11.4 Å². The maximum absolute atomic E-state index is 16.2. The summed E-state index contributed by atoms with van der Waals surface area (Å²) in [5.41, 5.74) is 13.6. The number of aryl methyl sites for hydroxylation is 1. The maximum Gasteiger partial charge on any atom is 0.272 e. The molecule has 0 unspecified atom stereocenters. The number of rotatable bonds is 2. The molecule has 0 spiro atoms. The smallest absolute Gasteiger partial charge is 0.272 e. The second-order valence-electron chi connectivity index (χ2n) is 13.6. The molecule has 3 nitrogen and oxygen atoms in total. The van der Waals surface area contributed by atoms with E-state index < -0.39 is 0 Å². The zero-order valence-corrected chi connectivity index (χ0v) is 26.8. The lowest BCUT2D eigenvalue weighted by atomic mass is 9.34. The summed E-state index contributed by atoms with van der Waals surface area (Å²) in [6, 6.07) is 41.8. The van der Waals surface area contributed by atoms with Crippen molar-refractivity contribution in [2.24, 2.45) is 7.05 Å². The van der Waals surface area contributed by atoms with E-state index in [4.69, 9.17) is 0 Å². The summed E-state index contributed by atoms with van der Waals surface area (Å²) >= 11 is 0. The van der Waals surface area contributed by atoms with E-state index in [1.807, 2.05) is 30.3 Å². The average Bonchev–Trinajstić information content (AvgIpc) is 3.53. The molecule has 10 rings (SSSR count). The molecular formula is C42H30BF2N3. The molecule has 1 aromatic heterocycles. The molecule has 48 heavy (non-hydrogen) atoms. The fraction of sp³-hybridized carbons (Fsp3) is 0.0952. The Labute approximate surface area is 278 Å². The van der Waals surface area contributed by atoms with E-state index in [0.717, 1.165) is 50.2 Å². The van der Waals surface area contributed by atoms with Gasteiger partial charge in [-0.05, 0) is 75.6 Å². The summed E-state index contributed by atoms with van der Waals surface area (Å²) in [6.45, 7) is 4.38. The molecule has 0 amide bonds. The number of halogens is 2. The highest BCUT2D eigenvalue weighted by atomic mass is 19.1. The molecule has 6 heteroatoms. The highest BCUT2D eigenvalue weighted by Gasteiger charge is 2.49. The van der Waals surface area contributed by atoms with Gasteiger partial charge in [-0.1, -0.05) is 98.8 Å². The Morgan fingerprint density at radius 1 is 0.562 bits per heavy atom. The standard InChI is InChI=1S/C42H30BF2N3/c1-42(2)28-15-6-4-13-25(28)26-23-24-29-40(37(26)42)48(34-20-11-8-17-31(34)45)36-22-12-21-35-38(36)43(29)41-39(27-14-5-9-18-32(27)46(41)3)47(35)33-19-10-7-16-30(33)44/h4-24H,1-3H3. The Hall–Kier alpha value is -5.62. The molecule has 0 saturated heterocycles. The third-order valence-electron chi connectivity index (χ3n) is 10.9. The summed E-state index contributed by atoms with van der Waals surface area (Å²) in [4.78, 5) is 4.22. The normalized spacial score (nSPS) is 14.8. The van der Waals surface area contributed by atoms with Gasteiger partial charge in [-0.3, -0.25) is 0 Å². The maximum atomic E-state index is 16.2. The molecule has 2 aliphatic heterocycles. The number of para-hydroxylation sites is 3. The lowest BCUT2D eigenvalue weighted by Gasteiger charge is -2.45. The van der Waals surface area contributed by atoms with Crippen molar-refractivity contribution in [2.45, 2.75) is 19.3 Å². The van der Waals surface area contributed by atoms with Gasteiger partial charge in [-0.2, -0.15) is 0 Å².